The molecule has 0 spiro atoms. The number of carbonyl (C=O) groups excluding carboxylic acids is 1. The van der Waals surface area contributed by atoms with Crippen LogP contribution < -0.4 is 10.0 Å². The van der Waals surface area contributed by atoms with Gasteiger partial charge in [-0.05, 0) is 54.8 Å². The first-order chi connectivity index (χ1) is 11.8. The Labute approximate surface area is 147 Å². The lowest BCUT2D eigenvalue weighted by Gasteiger charge is -2.09. The van der Waals surface area contributed by atoms with Gasteiger partial charge in [-0.25, -0.2) is 17.5 Å². The molecule has 0 heterocycles. The van der Waals surface area contributed by atoms with Gasteiger partial charge in [0.1, 0.15) is 5.82 Å². The fraction of sp³-hybridized carbons (Fsp3) is 0.278. The van der Waals surface area contributed by atoms with Crippen molar-refractivity contribution in [3.05, 3.63) is 59.9 Å². The van der Waals surface area contributed by atoms with Gasteiger partial charge in [-0.1, -0.05) is 19.9 Å². The summed E-state index contributed by atoms with van der Waals surface area (Å²) in [6.07, 6.45) is 0.743. The highest BCUT2D eigenvalue weighted by atomic mass is 32.2. The minimum Gasteiger partial charge on any atom is -0.322 e. The minimum atomic E-state index is -3.59. The van der Waals surface area contributed by atoms with E-state index < -0.39 is 21.7 Å². The van der Waals surface area contributed by atoms with Gasteiger partial charge in [-0.2, -0.15) is 0 Å². The van der Waals surface area contributed by atoms with Gasteiger partial charge in [0.15, 0.2) is 0 Å². The van der Waals surface area contributed by atoms with Crippen LogP contribution in [0, 0.1) is 11.7 Å². The van der Waals surface area contributed by atoms with Gasteiger partial charge < -0.3 is 5.32 Å². The van der Waals surface area contributed by atoms with E-state index in [-0.39, 0.29) is 10.5 Å². The normalized spacial score (nSPS) is 11.5. The largest absolute Gasteiger partial charge is 0.322 e. The number of rotatable bonds is 7. The molecule has 2 aromatic carbocycles. The summed E-state index contributed by atoms with van der Waals surface area (Å²) in [6, 6.07) is 11.1. The molecule has 0 fully saturated rings. The first-order valence-electron chi connectivity index (χ1n) is 7.94. The van der Waals surface area contributed by atoms with Crippen molar-refractivity contribution in [3.8, 4) is 0 Å². The third-order valence-electron chi connectivity index (χ3n) is 3.52. The smallest absolute Gasteiger partial charge is 0.255 e. The standard InChI is InChI=1S/C18H21FN2O3S/c1-13(2)10-11-20-25(23,24)17-8-6-14(7-9-17)18(22)21-16-5-3-4-15(19)12-16/h3-9,12-13,20H,10-11H2,1-2H3,(H,21,22). The molecular formula is C18H21FN2O3S. The molecule has 1 amide bonds. The third-order valence-corrected chi connectivity index (χ3v) is 5.00. The average Bonchev–Trinajstić information content (AvgIpc) is 2.54. The topological polar surface area (TPSA) is 75.3 Å². The number of nitrogens with one attached hydrogen (secondary N) is 2. The SMILES string of the molecule is CC(C)CCNS(=O)(=O)c1ccc(C(=O)Nc2cccc(F)c2)cc1. The molecule has 25 heavy (non-hydrogen) atoms. The Hall–Kier alpha value is -2.25. The summed E-state index contributed by atoms with van der Waals surface area (Å²) in [5, 5.41) is 2.56. The lowest BCUT2D eigenvalue weighted by molar-refractivity contribution is 0.102. The Morgan fingerprint density at radius 1 is 1.12 bits per heavy atom. The maximum absolute atomic E-state index is 13.1. The van der Waals surface area contributed by atoms with Crippen LogP contribution in [0.25, 0.3) is 0 Å². The third kappa shape index (κ3) is 5.65. The summed E-state index contributed by atoms with van der Waals surface area (Å²) >= 11 is 0. The van der Waals surface area contributed by atoms with E-state index in [0.29, 0.717) is 18.2 Å². The molecule has 0 aromatic heterocycles. The second kappa shape index (κ2) is 8.22. The number of halogens is 1. The van der Waals surface area contributed by atoms with Crippen LogP contribution in [0.4, 0.5) is 10.1 Å². The molecule has 7 heteroatoms. The number of amides is 1. The predicted octanol–water partition coefficient (Wildman–Crippen LogP) is 3.40. The van der Waals surface area contributed by atoms with Gasteiger partial charge in [0, 0.05) is 17.8 Å². The van der Waals surface area contributed by atoms with Crippen LogP contribution in [0.3, 0.4) is 0 Å². The van der Waals surface area contributed by atoms with Crippen molar-refractivity contribution in [2.75, 3.05) is 11.9 Å². The summed E-state index contributed by atoms with van der Waals surface area (Å²) in [5.74, 6) is -0.495. The molecule has 5 nitrogen and oxygen atoms in total. The summed E-state index contributed by atoms with van der Waals surface area (Å²) in [4.78, 5) is 12.2. The quantitative estimate of drug-likeness (QED) is 0.791. The van der Waals surface area contributed by atoms with Crippen molar-refractivity contribution in [3.63, 3.8) is 0 Å². The van der Waals surface area contributed by atoms with E-state index in [9.17, 15) is 17.6 Å². The van der Waals surface area contributed by atoms with Crippen LogP contribution in [0.2, 0.25) is 0 Å². The molecule has 134 valence electrons. The van der Waals surface area contributed by atoms with Crippen molar-refractivity contribution in [2.24, 2.45) is 5.92 Å². The number of benzene rings is 2. The molecule has 0 aliphatic rings. The van der Waals surface area contributed by atoms with Gasteiger partial charge in [-0.3, -0.25) is 4.79 Å². The molecule has 0 radical (unpaired) electrons. The lowest BCUT2D eigenvalue weighted by atomic mass is 10.1. The van der Waals surface area contributed by atoms with Crippen molar-refractivity contribution in [2.45, 2.75) is 25.2 Å². The van der Waals surface area contributed by atoms with E-state index in [1.807, 2.05) is 13.8 Å². The van der Waals surface area contributed by atoms with E-state index in [0.717, 1.165) is 6.42 Å². The second-order valence-electron chi connectivity index (χ2n) is 6.07. The fourth-order valence-electron chi connectivity index (χ4n) is 2.12. The molecule has 2 N–H and O–H groups in total. The van der Waals surface area contributed by atoms with E-state index in [2.05, 4.69) is 10.0 Å². The summed E-state index contributed by atoms with van der Waals surface area (Å²) in [6.45, 7) is 4.39. The van der Waals surface area contributed by atoms with Crippen LogP contribution in [0.5, 0.6) is 0 Å². The molecule has 0 atom stereocenters. The Kier molecular flexibility index (Phi) is 6.27. The zero-order chi connectivity index (χ0) is 18.4. The molecule has 2 aromatic rings. The van der Waals surface area contributed by atoms with Gasteiger partial charge in [0.2, 0.25) is 10.0 Å². The number of hydrogen-bond donors (Lipinski definition) is 2. The summed E-state index contributed by atoms with van der Waals surface area (Å²) < 4.78 is 40.0. The van der Waals surface area contributed by atoms with Gasteiger partial charge >= 0.3 is 0 Å². The lowest BCUT2D eigenvalue weighted by Crippen LogP contribution is -2.25. The Morgan fingerprint density at radius 2 is 1.80 bits per heavy atom. The molecule has 0 aliphatic carbocycles. The molecule has 0 aliphatic heterocycles. The maximum Gasteiger partial charge on any atom is 0.255 e. The first kappa shape index (κ1) is 19.1. The van der Waals surface area contributed by atoms with Crippen LogP contribution in [0.1, 0.15) is 30.6 Å². The highest BCUT2D eigenvalue weighted by Gasteiger charge is 2.15. The number of sulfonamides is 1. The van der Waals surface area contributed by atoms with Crippen LogP contribution >= 0.6 is 0 Å². The fourth-order valence-corrected chi connectivity index (χ4v) is 3.17. The number of anilines is 1. The highest BCUT2D eigenvalue weighted by molar-refractivity contribution is 7.89. The zero-order valence-electron chi connectivity index (χ0n) is 14.1. The molecule has 2 rings (SSSR count). The monoisotopic (exact) mass is 364 g/mol. The number of hydrogen-bond acceptors (Lipinski definition) is 3. The van der Waals surface area contributed by atoms with Crippen molar-refractivity contribution < 1.29 is 17.6 Å². The van der Waals surface area contributed by atoms with E-state index in [1.165, 1.54) is 42.5 Å². The van der Waals surface area contributed by atoms with E-state index in [4.69, 9.17) is 0 Å². The average molecular weight is 364 g/mol. The highest BCUT2D eigenvalue weighted by Crippen LogP contribution is 2.14. The number of carbonyl (C=O) groups is 1. The maximum atomic E-state index is 13.1. The van der Waals surface area contributed by atoms with Crippen LogP contribution in [-0.2, 0) is 10.0 Å². The summed E-state index contributed by atoms with van der Waals surface area (Å²) in [7, 11) is -3.59. The molecule has 0 saturated heterocycles. The molecule has 0 bridgehead atoms. The predicted molar refractivity (Wildman–Crippen MR) is 95.4 cm³/mol. The van der Waals surface area contributed by atoms with E-state index in [1.54, 1.807) is 6.07 Å². The second-order valence-corrected chi connectivity index (χ2v) is 7.84. The van der Waals surface area contributed by atoms with Crippen LogP contribution in [0.15, 0.2) is 53.4 Å². The van der Waals surface area contributed by atoms with E-state index >= 15 is 0 Å². The molecule has 0 saturated carbocycles. The Balaban J connectivity index is 2.04. The Morgan fingerprint density at radius 3 is 2.40 bits per heavy atom. The molecular weight excluding hydrogens is 343 g/mol. The van der Waals surface area contributed by atoms with Gasteiger partial charge in [0.05, 0.1) is 4.90 Å². The van der Waals surface area contributed by atoms with Crippen molar-refractivity contribution in [1.82, 2.24) is 4.72 Å². The van der Waals surface area contributed by atoms with Gasteiger partial charge in [-0.15, -0.1) is 0 Å². The van der Waals surface area contributed by atoms with Crippen LogP contribution in [-0.4, -0.2) is 20.9 Å². The minimum absolute atomic E-state index is 0.0959. The summed E-state index contributed by atoms with van der Waals surface area (Å²) in [5.41, 5.74) is 0.613. The van der Waals surface area contributed by atoms with Crippen molar-refractivity contribution in [1.29, 1.82) is 0 Å². The zero-order valence-corrected chi connectivity index (χ0v) is 14.9. The first-order valence-corrected chi connectivity index (χ1v) is 9.43. The Bertz CT molecular complexity index is 834. The van der Waals surface area contributed by atoms with Crippen molar-refractivity contribution >= 4 is 21.6 Å². The van der Waals surface area contributed by atoms with Gasteiger partial charge in [0.25, 0.3) is 5.91 Å². The molecule has 0 unspecified atom stereocenters.